The number of aliphatic hydroxyl groups excluding tert-OH is 1. The van der Waals surface area contributed by atoms with Gasteiger partial charge in [-0.3, -0.25) is 4.79 Å². The highest BCUT2D eigenvalue weighted by molar-refractivity contribution is 5.84. The fraction of sp³-hybridized carbons (Fsp3) is 0.875. The van der Waals surface area contributed by atoms with Crippen LogP contribution in [0.25, 0.3) is 0 Å². The van der Waals surface area contributed by atoms with E-state index in [9.17, 15) is 4.79 Å². The molecule has 0 bridgehead atoms. The molecule has 0 aliphatic rings. The van der Waals surface area contributed by atoms with E-state index in [1.54, 1.807) is 13.8 Å². The monoisotopic (exact) mass is 144 g/mol. The topological polar surface area (TPSA) is 37.3 Å². The minimum atomic E-state index is -0.731. The molecule has 0 aliphatic carbocycles. The largest absolute Gasteiger partial charge is 0.385 e. The van der Waals surface area contributed by atoms with E-state index in [0.717, 1.165) is 6.42 Å². The third-order valence-corrected chi connectivity index (χ3v) is 1.46. The number of carbonyl (C=O) groups is 1. The van der Waals surface area contributed by atoms with Crippen molar-refractivity contribution in [2.24, 2.45) is 5.92 Å². The second-order valence-corrected chi connectivity index (χ2v) is 2.86. The van der Waals surface area contributed by atoms with Crippen molar-refractivity contribution >= 4 is 5.78 Å². The lowest BCUT2D eigenvalue weighted by atomic mass is 10.0. The van der Waals surface area contributed by atoms with Crippen molar-refractivity contribution in [3.05, 3.63) is 0 Å². The summed E-state index contributed by atoms with van der Waals surface area (Å²) < 4.78 is 0. The van der Waals surface area contributed by atoms with Gasteiger partial charge in [-0.2, -0.15) is 0 Å². The van der Waals surface area contributed by atoms with Gasteiger partial charge in [-0.05, 0) is 6.42 Å². The molecule has 0 radical (unpaired) electrons. The molecule has 10 heavy (non-hydrogen) atoms. The molecule has 0 saturated heterocycles. The Kier molecular flexibility index (Phi) is 4.28. The van der Waals surface area contributed by atoms with Crippen LogP contribution in [0.4, 0.5) is 0 Å². The van der Waals surface area contributed by atoms with Crippen molar-refractivity contribution in [1.82, 2.24) is 0 Å². The summed E-state index contributed by atoms with van der Waals surface area (Å²) in [4.78, 5) is 11.0. The van der Waals surface area contributed by atoms with Crippen LogP contribution in [0, 0.1) is 5.92 Å². The highest BCUT2D eigenvalue weighted by Crippen LogP contribution is 2.04. The van der Waals surface area contributed by atoms with Crippen molar-refractivity contribution in [3.63, 3.8) is 0 Å². The number of ketones is 1. The van der Waals surface area contributed by atoms with Crippen LogP contribution >= 0.6 is 0 Å². The standard InChI is InChI=1S/C8H16O2/c1-4-5-7(9)8(10)6(2)3/h6-7,9H,4-5H2,1-3H3/t7-/m1/s1. The molecule has 2 heteroatoms. The van der Waals surface area contributed by atoms with Crippen molar-refractivity contribution in [2.45, 2.75) is 39.7 Å². The Morgan fingerprint density at radius 1 is 1.50 bits per heavy atom. The van der Waals surface area contributed by atoms with E-state index in [4.69, 9.17) is 5.11 Å². The molecule has 1 N–H and O–H groups in total. The number of hydrogen-bond donors (Lipinski definition) is 1. The number of rotatable bonds is 4. The average Bonchev–Trinajstić information content (AvgIpc) is 1.87. The van der Waals surface area contributed by atoms with Crippen molar-refractivity contribution in [1.29, 1.82) is 0 Å². The van der Waals surface area contributed by atoms with Gasteiger partial charge < -0.3 is 5.11 Å². The van der Waals surface area contributed by atoms with Crippen LogP contribution in [0.3, 0.4) is 0 Å². The molecule has 1 atom stereocenters. The summed E-state index contributed by atoms with van der Waals surface area (Å²) in [5.41, 5.74) is 0. The quantitative estimate of drug-likeness (QED) is 0.647. The molecule has 0 aromatic heterocycles. The summed E-state index contributed by atoms with van der Waals surface area (Å²) in [6.07, 6.45) is 0.724. The van der Waals surface area contributed by atoms with Crippen LogP contribution in [0.2, 0.25) is 0 Å². The first kappa shape index (κ1) is 9.63. The van der Waals surface area contributed by atoms with Gasteiger partial charge in [0.25, 0.3) is 0 Å². The zero-order valence-corrected chi connectivity index (χ0v) is 6.92. The maximum atomic E-state index is 11.0. The van der Waals surface area contributed by atoms with Gasteiger partial charge in [0.1, 0.15) is 6.10 Å². The van der Waals surface area contributed by atoms with Gasteiger partial charge >= 0.3 is 0 Å². The lowest BCUT2D eigenvalue weighted by molar-refractivity contribution is -0.130. The molecule has 0 rings (SSSR count). The molecule has 0 aliphatic heterocycles. The molecule has 0 spiro atoms. The van der Waals surface area contributed by atoms with E-state index in [1.807, 2.05) is 6.92 Å². The molecule has 0 aromatic rings. The Bertz CT molecular complexity index is 108. The molecule has 0 saturated carbocycles. The van der Waals surface area contributed by atoms with Gasteiger partial charge in [0.15, 0.2) is 5.78 Å². The average molecular weight is 144 g/mol. The normalized spacial score (nSPS) is 13.7. The van der Waals surface area contributed by atoms with Crippen LogP contribution in [0.1, 0.15) is 33.6 Å². The summed E-state index contributed by atoms with van der Waals surface area (Å²) in [5.74, 6) is -0.0802. The molecule has 0 heterocycles. The number of aliphatic hydroxyl groups is 1. The van der Waals surface area contributed by atoms with Crippen LogP contribution in [0.5, 0.6) is 0 Å². The summed E-state index contributed by atoms with van der Waals surface area (Å²) in [7, 11) is 0. The van der Waals surface area contributed by atoms with Crippen LogP contribution in [-0.2, 0) is 4.79 Å². The second-order valence-electron chi connectivity index (χ2n) is 2.86. The van der Waals surface area contributed by atoms with Gasteiger partial charge in [-0.1, -0.05) is 27.2 Å². The fourth-order valence-corrected chi connectivity index (χ4v) is 0.800. The summed E-state index contributed by atoms with van der Waals surface area (Å²) >= 11 is 0. The van der Waals surface area contributed by atoms with E-state index in [0.29, 0.717) is 6.42 Å². The molecular formula is C8H16O2. The van der Waals surface area contributed by atoms with E-state index in [1.165, 1.54) is 0 Å². The van der Waals surface area contributed by atoms with Crippen LogP contribution in [-0.4, -0.2) is 17.0 Å². The fourth-order valence-electron chi connectivity index (χ4n) is 0.800. The van der Waals surface area contributed by atoms with Crippen molar-refractivity contribution in [2.75, 3.05) is 0 Å². The Balaban J connectivity index is 3.71. The maximum Gasteiger partial charge on any atom is 0.163 e. The second kappa shape index (κ2) is 4.45. The van der Waals surface area contributed by atoms with Gasteiger partial charge in [-0.15, -0.1) is 0 Å². The zero-order valence-electron chi connectivity index (χ0n) is 6.92. The minimum absolute atomic E-state index is 0.0400. The molecule has 0 fully saturated rings. The minimum Gasteiger partial charge on any atom is -0.385 e. The van der Waals surface area contributed by atoms with Gasteiger partial charge in [0.2, 0.25) is 0 Å². The molecule has 60 valence electrons. The van der Waals surface area contributed by atoms with E-state index < -0.39 is 6.10 Å². The summed E-state index contributed by atoms with van der Waals surface area (Å²) in [6, 6.07) is 0. The summed E-state index contributed by atoms with van der Waals surface area (Å²) in [6.45, 7) is 5.57. The lowest BCUT2D eigenvalue weighted by Gasteiger charge is -2.09. The van der Waals surface area contributed by atoms with Crippen molar-refractivity contribution < 1.29 is 9.90 Å². The first-order valence-corrected chi connectivity index (χ1v) is 3.81. The predicted molar refractivity (Wildman–Crippen MR) is 40.8 cm³/mol. The zero-order chi connectivity index (χ0) is 8.15. The number of Topliss-reactive ketones (excluding diaryl/α,β-unsaturated/α-hetero) is 1. The molecular weight excluding hydrogens is 128 g/mol. The predicted octanol–water partition coefficient (Wildman–Crippen LogP) is 1.37. The highest BCUT2D eigenvalue weighted by Gasteiger charge is 2.16. The Labute approximate surface area is 62.2 Å². The molecule has 0 amide bonds. The molecule has 2 nitrogen and oxygen atoms in total. The SMILES string of the molecule is CCC[C@@H](O)C(=O)C(C)C. The Morgan fingerprint density at radius 2 is 2.00 bits per heavy atom. The van der Waals surface area contributed by atoms with E-state index >= 15 is 0 Å². The number of carbonyl (C=O) groups excluding carboxylic acids is 1. The highest BCUT2D eigenvalue weighted by atomic mass is 16.3. The molecule has 0 unspecified atom stereocenters. The van der Waals surface area contributed by atoms with Crippen LogP contribution in [0.15, 0.2) is 0 Å². The third kappa shape index (κ3) is 2.97. The maximum absolute atomic E-state index is 11.0. The van der Waals surface area contributed by atoms with E-state index in [2.05, 4.69) is 0 Å². The Morgan fingerprint density at radius 3 is 2.30 bits per heavy atom. The first-order chi connectivity index (χ1) is 4.59. The lowest BCUT2D eigenvalue weighted by Crippen LogP contribution is -2.24. The molecule has 0 aromatic carbocycles. The van der Waals surface area contributed by atoms with Crippen LogP contribution < -0.4 is 0 Å². The third-order valence-electron chi connectivity index (χ3n) is 1.46. The summed E-state index contributed by atoms with van der Waals surface area (Å²) in [5, 5.41) is 9.14. The first-order valence-electron chi connectivity index (χ1n) is 3.81. The number of hydrogen-bond acceptors (Lipinski definition) is 2. The van der Waals surface area contributed by atoms with Crippen molar-refractivity contribution in [3.8, 4) is 0 Å². The van der Waals surface area contributed by atoms with E-state index in [-0.39, 0.29) is 11.7 Å². The smallest absolute Gasteiger partial charge is 0.163 e. The van der Waals surface area contributed by atoms with Gasteiger partial charge in [-0.25, -0.2) is 0 Å². The Hall–Kier alpha value is -0.370. The van der Waals surface area contributed by atoms with Gasteiger partial charge in [0, 0.05) is 5.92 Å². The van der Waals surface area contributed by atoms with Gasteiger partial charge in [0.05, 0.1) is 0 Å².